The second-order valence-electron chi connectivity index (χ2n) is 5.08. The van der Waals surface area contributed by atoms with Crippen molar-refractivity contribution >= 4 is 11.6 Å². The molecule has 0 atom stereocenters. The Bertz CT molecular complexity index is 641. The minimum absolute atomic E-state index is 0.219. The topological polar surface area (TPSA) is 12.0 Å². The van der Waals surface area contributed by atoms with E-state index >= 15 is 0 Å². The van der Waals surface area contributed by atoms with E-state index in [1.165, 1.54) is 0 Å². The summed E-state index contributed by atoms with van der Waals surface area (Å²) >= 11 is 6.09. The predicted octanol–water partition coefficient (Wildman–Crippen LogP) is 5.09. The summed E-state index contributed by atoms with van der Waals surface area (Å²) in [7, 11) is 0. The number of nitrogens with one attached hydrogen (secondary N) is 1. The lowest BCUT2D eigenvalue weighted by Gasteiger charge is -2.13. The van der Waals surface area contributed by atoms with Gasteiger partial charge in [0.25, 0.3) is 0 Å². The van der Waals surface area contributed by atoms with Crippen LogP contribution in [0.3, 0.4) is 0 Å². The van der Waals surface area contributed by atoms with E-state index in [4.69, 9.17) is 11.6 Å². The van der Waals surface area contributed by atoms with Gasteiger partial charge in [-0.25, -0.2) is 8.78 Å². The summed E-state index contributed by atoms with van der Waals surface area (Å²) in [5.41, 5.74) is 3.42. The van der Waals surface area contributed by atoms with Gasteiger partial charge in [0.05, 0.1) is 5.02 Å². The van der Waals surface area contributed by atoms with Crippen LogP contribution in [0.15, 0.2) is 30.3 Å². The summed E-state index contributed by atoms with van der Waals surface area (Å²) in [6, 6.07) is 8.13. The highest BCUT2D eigenvalue weighted by Gasteiger charge is 2.13. The molecule has 0 bridgehead atoms. The molecule has 0 unspecified atom stereocenters. The van der Waals surface area contributed by atoms with Crippen LogP contribution in [0.25, 0.3) is 11.1 Å². The van der Waals surface area contributed by atoms with Gasteiger partial charge in [0, 0.05) is 12.1 Å². The largest absolute Gasteiger partial charge is 0.313 e. The average Bonchev–Trinajstić information content (AvgIpc) is 2.45. The molecular formula is C17H18ClF2N. The lowest BCUT2D eigenvalue weighted by Crippen LogP contribution is -2.14. The van der Waals surface area contributed by atoms with Crippen molar-refractivity contribution in [2.45, 2.75) is 26.8 Å². The number of aryl methyl sites for hydroxylation is 1. The molecule has 112 valence electrons. The first-order valence-electron chi connectivity index (χ1n) is 6.98. The van der Waals surface area contributed by atoms with E-state index in [9.17, 15) is 8.78 Å². The molecule has 2 aromatic rings. The van der Waals surface area contributed by atoms with E-state index in [1.807, 2.05) is 25.1 Å². The molecule has 21 heavy (non-hydrogen) atoms. The normalized spacial score (nSPS) is 10.9. The zero-order chi connectivity index (χ0) is 15.4. The summed E-state index contributed by atoms with van der Waals surface area (Å²) in [5.74, 6) is -1.81. The lowest BCUT2D eigenvalue weighted by molar-refractivity contribution is 0.509. The first-order valence-corrected chi connectivity index (χ1v) is 7.36. The zero-order valence-corrected chi connectivity index (χ0v) is 12.9. The van der Waals surface area contributed by atoms with Crippen LogP contribution in [0.2, 0.25) is 5.02 Å². The highest BCUT2D eigenvalue weighted by molar-refractivity contribution is 6.33. The number of halogens is 3. The van der Waals surface area contributed by atoms with Crippen molar-refractivity contribution in [3.05, 3.63) is 58.1 Å². The molecule has 0 radical (unpaired) electrons. The van der Waals surface area contributed by atoms with Crippen LogP contribution < -0.4 is 5.32 Å². The lowest BCUT2D eigenvalue weighted by atomic mass is 9.97. The van der Waals surface area contributed by atoms with E-state index in [-0.39, 0.29) is 5.02 Å². The molecule has 4 heteroatoms. The molecule has 0 fully saturated rings. The van der Waals surface area contributed by atoms with Crippen LogP contribution in [0.5, 0.6) is 0 Å². The molecular weight excluding hydrogens is 292 g/mol. The van der Waals surface area contributed by atoms with Crippen molar-refractivity contribution in [1.29, 1.82) is 0 Å². The van der Waals surface area contributed by atoms with Gasteiger partial charge in [-0.15, -0.1) is 0 Å². The molecule has 0 heterocycles. The smallest absolute Gasteiger partial charge is 0.160 e. The maximum absolute atomic E-state index is 13.5. The van der Waals surface area contributed by atoms with E-state index in [0.717, 1.165) is 41.8 Å². The summed E-state index contributed by atoms with van der Waals surface area (Å²) in [4.78, 5) is 0. The van der Waals surface area contributed by atoms with Crippen molar-refractivity contribution in [2.75, 3.05) is 6.54 Å². The van der Waals surface area contributed by atoms with Gasteiger partial charge in [-0.1, -0.05) is 42.3 Å². The molecule has 0 aliphatic heterocycles. The van der Waals surface area contributed by atoms with Crippen molar-refractivity contribution in [1.82, 2.24) is 5.32 Å². The third kappa shape index (κ3) is 3.80. The first kappa shape index (κ1) is 15.9. The fraction of sp³-hybridized carbons (Fsp3) is 0.294. The van der Waals surface area contributed by atoms with Crippen LogP contribution in [0.4, 0.5) is 8.78 Å². The van der Waals surface area contributed by atoms with Crippen LogP contribution in [-0.2, 0) is 6.54 Å². The van der Waals surface area contributed by atoms with Crippen LogP contribution >= 0.6 is 11.6 Å². The SMILES string of the molecule is CCCNCc1ccc(C)cc1-c1cc(F)c(F)cc1Cl. The van der Waals surface area contributed by atoms with E-state index in [2.05, 4.69) is 12.2 Å². The highest BCUT2D eigenvalue weighted by Crippen LogP contribution is 2.33. The molecule has 0 amide bonds. The third-order valence-corrected chi connectivity index (χ3v) is 3.62. The van der Waals surface area contributed by atoms with Gasteiger partial charge in [0.15, 0.2) is 11.6 Å². The van der Waals surface area contributed by atoms with Gasteiger partial charge in [0.1, 0.15) is 0 Å². The molecule has 0 aliphatic rings. The minimum Gasteiger partial charge on any atom is -0.313 e. The fourth-order valence-corrected chi connectivity index (χ4v) is 2.48. The molecule has 0 aliphatic carbocycles. The van der Waals surface area contributed by atoms with Crippen LogP contribution in [-0.4, -0.2) is 6.54 Å². The third-order valence-electron chi connectivity index (χ3n) is 3.31. The molecule has 1 nitrogen and oxygen atoms in total. The van der Waals surface area contributed by atoms with Crippen LogP contribution in [0.1, 0.15) is 24.5 Å². The molecule has 0 saturated heterocycles. The Morgan fingerprint density at radius 3 is 2.48 bits per heavy atom. The highest BCUT2D eigenvalue weighted by atomic mass is 35.5. The Morgan fingerprint density at radius 1 is 1.05 bits per heavy atom. The van der Waals surface area contributed by atoms with E-state index in [1.54, 1.807) is 0 Å². The molecule has 0 spiro atoms. The Morgan fingerprint density at radius 2 is 1.76 bits per heavy atom. The molecule has 0 saturated carbocycles. The first-order chi connectivity index (χ1) is 10.0. The minimum atomic E-state index is -0.929. The zero-order valence-electron chi connectivity index (χ0n) is 12.1. The van der Waals surface area contributed by atoms with E-state index in [0.29, 0.717) is 12.1 Å². The van der Waals surface area contributed by atoms with Crippen molar-refractivity contribution in [2.24, 2.45) is 0 Å². The summed E-state index contributed by atoms with van der Waals surface area (Å²) in [6.07, 6.45) is 1.03. The van der Waals surface area contributed by atoms with Gasteiger partial charge < -0.3 is 5.32 Å². The van der Waals surface area contributed by atoms with E-state index < -0.39 is 11.6 Å². The average molecular weight is 310 g/mol. The summed E-state index contributed by atoms with van der Waals surface area (Å²) in [6.45, 7) is 5.62. The maximum atomic E-state index is 13.5. The molecule has 1 N–H and O–H groups in total. The Balaban J connectivity index is 2.46. The van der Waals surface area contributed by atoms with Crippen molar-refractivity contribution < 1.29 is 8.78 Å². The number of rotatable bonds is 5. The fourth-order valence-electron chi connectivity index (χ4n) is 2.22. The Kier molecular flexibility index (Phi) is 5.32. The number of hydrogen-bond acceptors (Lipinski definition) is 1. The number of hydrogen-bond donors (Lipinski definition) is 1. The van der Waals surface area contributed by atoms with Gasteiger partial charge in [0.2, 0.25) is 0 Å². The second-order valence-corrected chi connectivity index (χ2v) is 5.49. The van der Waals surface area contributed by atoms with Gasteiger partial charge in [-0.3, -0.25) is 0 Å². The van der Waals surface area contributed by atoms with Gasteiger partial charge >= 0.3 is 0 Å². The second kappa shape index (κ2) is 7.01. The molecule has 0 aromatic heterocycles. The quantitative estimate of drug-likeness (QED) is 0.599. The predicted molar refractivity (Wildman–Crippen MR) is 83.5 cm³/mol. The number of benzene rings is 2. The monoisotopic (exact) mass is 309 g/mol. The molecule has 2 rings (SSSR count). The van der Waals surface area contributed by atoms with Crippen molar-refractivity contribution in [3.63, 3.8) is 0 Å². The van der Waals surface area contributed by atoms with Gasteiger partial charge in [-0.05, 0) is 43.1 Å². The summed E-state index contributed by atoms with van der Waals surface area (Å²) < 4.78 is 26.8. The maximum Gasteiger partial charge on any atom is 0.160 e. The summed E-state index contributed by atoms with van der Waals surface area (Å²) in [5, 5.41) is 3.53. The van der Waals surface area contributed by atoms with Gasteiger partial charge in [-0.2, -0.15) is 0 Å². The Hall–Kier alpha value is -1.45. The van der Waals surface area contributed by atoms with Crippen LogP contribution in [0, 0.1) is 18.6 Å². The van der Waals surface area contributed by atoms with Crippen molar-refractivity contribution in [3.8, 4) is 11.1 Å². The standard InChI is InChI=1S/C17H18ClF2N/c1-3-6-21-10-12-5-4-11(2)7-13(12)14-8-16(19)17(20)9-15(14)18/h4-5,7-9,21H,3,6,10H2,1-2H3. The Labute approximate surface area is 128 Å². The molecule has 2 aromatic carbocycles.